The summed E-state index contributed by atoms with van der Waals surface area (Å²) < 4.78 is 0. The van der Waals surface area contributed by atoms with Crippen molar-refractivity contribution in [2.45, 2.75) is 85.7 Å². The van der Waals surface area contributed by atoms with E-state index in [1.807, 2.05) is 0 Å². The number of aliphatic hydroxyl groups is 1. The van der Waals surface area contributed by atoms with Gasteiger partial charge in [-0.05, 0) is 55.3 Å². The Morgan fingerprint density at radius 3 is 2.11 bits per heavy atom. The average Bonchev–Trinajstić information content (AvgIpc) is 2.28. The molecule has 1 saturated carbocycles. The third kappa shape index (κ3) is 4.91. The van der Waals surface area contributed by atoms with Gasteiger partial charge < -0.3 is 5.11 Å². The van der Waals surface area contributed by atoms with Gasteiger partial charge in [0.05, 0.1) is 6.10 Å². The van der Waals surface area contributed by atoms with Crippen molar-refractivity contribution in [3.05, 3.63) is 0 Å². The Hall–Kier alpha value is -0.0400. The van der Waals surface area contributed by atoms with Crippen molar-refractivity contribution >= 4 is 0 Å². The van der Waals surface area contributed by atoms with Crippen LogP contribution in [-0.2, 0) is 0 Å². The van der Waals surface area contributed by atoms with E-state index in [0.717, 1.165) is 12.3 Å². The Balaban J connectivity index is 2.34. The van der Waals surface area contributed by atoms with Gasteiger partial charge >= 0.3 is 0 Å². The molecule has 0 saturated heterocycles. The van der Waals surface area contributed by atoms with Gasteiger partial charge in [-0.15, -0.1) is 0 Å². The zero-order valence-corrected chi connectivity index (χ0v) is 13.2. The molecule has 0 radical (unpaired) electrons. The summed E-state index contributed by atoms with van der Waals surface area (Å²) in [7, 11) is 0. The third-order valence-electron chi connectivity index (χ3n) is 4.97. The molecule has 2 atom stereocenters. The SMILES string of the molecule is CCCC(C)CC(O)C1CCC(C(C)(C)C)CC1. The highest BCUT2D eigenvalue weighted by Gasteiger charge is 2.32. The lowest BCUT2D eigenvalue weighted by atomic mass is 9.68. The molecule has 0 bridgehead atoms. The van der Waals surface area contributed by atoms with Crippen LogP contribution in [0.2, 0.25) is 0 Å². The highest BCUT2D eigenvalue weighted by atomic mass is 16.3. The van der Waals surface area contributed by atoms with E-state index >= 15 is 0 Å². The van der Waals surface area contributed by atoms with Gasteiger partial charge in [-0.2, -0.15) is 0 Å². The van der Waals surface area contributed by atoms with Crippen molar-refractivity contribution in [1.29, 1.82) is 0 Å². The first-order valence-corrected chi connectivity index (χ1v) is 8.02. The first-order valence-electron chi connectivity index (χ1n) is 8.02. The van der Waals surface area contributed by atoms with E-state index in [9.17, 15) is 5.11 Å². The lowest BCUT2D eigenvalue weighted by molar-refractivity contribution is 0.0383. The van der Waals surface area contributed by atoms with E-state index in [4.69, 9.17) is 0 Å². The molecule has 1 aliphatic carbocycles. The molecular formula is C17H34O. The summed E-state index contributed by atoms with van der Waals surface area (Å²) in [5, 5.41) is 10.4. The third-order valence-corrected chi connectivity index (χ3v) is 4.97. The zero-order valence-electron chi connectivity index (χ0n) is 13.2. The Morgan fingerprint density at radius 2 is 1.67 bits per heavy atom. The Morgan fingerprint density at radius 1 is 1.11 bits per heavy atom. The van der Waals surface area contributed by atoms with Gasteiger partial charge in [0, 0.05) is 0 Å². The molecule has 1 aliphatic rings. The van der Waals surface area contributed by atoms with Crippen LogP contribution in [0.1, 0.15) is 79.6 Å². The molecule has 0 aromatic carbocycles. The fraction of sp³-hybridized carbons (Fsp3) is 1.00. The molecule has 1 N–H and O–H groups in total. The molecule has 0 aliphatic heterocycles. The summed E-state index contributed by atoms with van der Waals surface area (Å²) in [5.41, 5.74) is 0.450. The average molecular weight is 254 g/mol. The maximum atomic E-state index is 10.4. The molecule has 0 spiro atoms. The normalized spacial score (nSPS) is 29.0. The van der Waals surface area contributed by atoms with Gasteiger partial charge in [-0.25, -0.2) is 0 Å². The first-order chi connectivity index (χ1) is 8.34. The van der Waals surface area contributed by atoms with Crippen molar-refractivity contribution in [3.63, 3.8) is 0 Å². The predicted octanol–water partition coefficient (Wildman–Crippen LogP) is 5.03. The predicted molar refractivity (Wildman–Crippen MR) is 79.6 cm³/mol. The number of hydrogen-bond acceptors (Lipinski definition) is 1. The van der Waals surface area contributed by atoms with Crippen LogP contribution in [0.15, 0.2) is 0 Å². The highest BCUT2D eigenvalue weighted by Crippen LogP contribution is 2.41. The van der Waals surface area contributed by atoms with Crippen LogP contribution < -0.4 is 0 Å². The van der Waals surface area contributed by atoms with Crippen LogP contribution >= 0.6 is 0 Å². The number of aliphatic hydroxyl groups excluding tert-OH is 1. The standard InChI is InChI=1S/C17H34O/c1-6-7-13(2)12-16(18)14-8-10-15(11-9-14)17(3,4)5/h13-16,18H,6-12H2,1-5H3. The Kier molecular flexibility index (Phi) is 6.17. The van der Waals surface area contributed by atoms with Crippen LogP contribution in [0.25, 0.3) is 0 Å². The molecule has 0 aromatic heterocycles. The maximum absolute atomic E-state index is 10.4. The first kappa shape index (κ1) is 16.0. The zero-order chi connectivity index (χ0) is 13.8. The van der Waals surface area contributed by atoms with Gasteiger partial charge in [0.2, 0.25) is 0 Å². The second-order valence-electron chi connectivity index (χ2n) is 7.67. The monoisotopic (exact) mass is 254 g/mol. The van der Waals surface area contributed by atoms with Crippen molar-refractivity contribution in [2.75, 3.05) is 0 Å². The Labute approximate surface area is 114 Å². The lowest BCUT2D eigenvalue weighted by Gasteiger charge is -2.38. The highest BCUT2D eigenvalue weighted by molar-refractivity contribution is 4.83. The number of hydrogen-bond donors (Lipinski definition) is 1. The van der Waals surface area contributed by atoms with Gasteiger partial charge in [-0.1, -0.05) is 47.5 Å². The molecule has 1 heteroatoms. The van der Waals surface area contributed by atoms with Gasteiger partial charge in [0.25, 0.3) is 0 Å². The fourth-order valence-corrected chi connectivity index (χ4v) is 3.59. The van der Waals surface area contributed by atoms with Crippen LogP contribution in [0.5, 0.6) is 0 Å². The summed E-state index contributed by atoms with van der Waals surface area (Å²) >= 11 is 0. The molecule has 0 amide bonds. The molecule has 18 heavy (non-hydrogen) atoms. The molecule has 1 nitrogen and oxygen atoms in total. The van der Waals surface area contributed by atoms with E-state index in [-0.39, 0.29) is 6.10 Å². The second-order valence-corrected chi connectivity index (χ2v) is 7.67. The summed E-state index contributed by atoms with van der Waals surface area (Å²) in [4.78, 5) is 0. The molecule has 2 unspecified atom stereocenters. The molecule has 1 rings (SSSR count). The molecule has 0 aromatic rings. The summed E-state index contributed by atoms with van der Waals surface area (Å²) in [6, 6.07) is 0. The minimum atomic E-state index is -0.0486. The van der Waals surface area contributed by atoms with E-state index in [0.29, 0.717) is 17.3 Å². The van der Waals surface area contributed by atoms with E-state index in [2.05, 4.69) is 34.6 Å². The second kappa shape index (κ2) is 6.93. The van der Waals surface area contributed by atoms with E-state index in [1.165, 1.54) is 38.5 Å². The lowest BCUT2D eigenvalue weighted by Crippen LogP contribution is -2.31. The minimum Gasteiger partial charge on any atom is -0.393 e. The fourth-order valence-electron chi connectivity index (χ4n) is 3.59. The summed E-state index contributed by atoms with van der Waals surface area (Å²) in [6.45, 7) is 11.6. The maximum Gasteiger partial charge on any atom is 0.0570 e. The molecule has 108 valence electrons. The van der Waals surface area contributed by atoms with Gasteiger partial charge in [0.1, 0.15) is 0 Å². The van der Waals surface area contributed by atoms with Crippen molar-refractivity contribution in [1.82, 2.24) is 0 Å². The number of rotatable bonds is 5. The van der Waals surface area contributed by atoms with Gasteiger partial charge in [-0.3, -0.25) is 0 Å². The molecule has 0 heterocycles. The van der Waals surface area contributed by atoms with Crippen molar-refractivity contribution in [3.8, 4) is 0 Å². The molecular weight excluding hydrogens is 220 g/mol. The van der Waals surface area contributed by atoms with Crippen LogP contribution in [0, 0.1) is 23.2 Å². The van der Waals surface area contributed by atoms with Gasteiger partial charge in [0.15, 0.2) is 0 Å². The smallest absolute Gasteiger partial charge is 0.0570 e. The largest absolute Gasteiger partial charge is 0.393 e. The van der Waals surface area contributed by atoms with E-state index < -0.39 is 0 Å². The molecule has 1 fully saturated rings. The van der Waals surface area contributed by atoms with Crippen LogP contribution in [-0.4, -0.2) is 11.2 Å². The van der Waals surface area contributed by atoms with Crippen LogP contribution in [0.4, 0.5) is 0 Å². The Bertz CT molecular complexity index is 220. The quantitative estimate of drug-likeness (QED) is 0.730. The summed E-state index contributed by atoms with van der Waals surface area (Å²) in [6.07, 6.45) is 8.56. The summed E-state index contributed by atoms with van der Waals surface area (Å²) in [5.74, 6) is 2.11. The minimum absolute atomic E-state index is 0.0486. The van der Waals surface area contributed by atoms with Crippen molar-refractivity contribution < 1.29 is 5.11 Å². The topological polar surface area (TPSA) is 20.2 Å². The van der Waals surface area contributed by atoms with Crippen LogP contribution in [0.3, 0.4) is 0 Å². The van der Waals surface area contributed by atoms with Crippen molar-refractivity contribution in [2.24, 2.45) is 23.2 Å². The van der Waals surface area contributed by atoms with E-state index in [1.54, 1.807) is 0 Å².